The average Bonchev–Trinajstić information content (AvgIpc) is 3.20. The number of piperidine rings is 1. The van der Waals surface area contributed by atoms with Crippen molar-refractivity contribution in [2.24, 2.45) is 0 Å². The van der Waals surface area contributed by atoms with Gasteiger partial charge in [-0.15, -0.1) is 0 Å². The molecule has 0 spiro atoms. The number of hydrogen-bond donors (Lipinski definition) is 0. The second-order valence-electron chi connectivity index (χ2n) is 9.78. The number of rotatable bonds is 6. The van der Waals surface area contributed by atoms with Crippen LogP contribution < -0.4 is 4.90 Å². The van der Waals surface area contributed by atoms with E-state index in [2.05, 4.69) is 33.0 Å². The van der Waals surface area contributed by atoms with Crippen LogP contribution in [0.4, 0.5) is 5.69 Å². The van der Waals surface area contributed by atoms with Crippen LogP contribution in [0.2, 0.25) is 0 Å². The van der Waals surface area contributed by atoms with Crippen LogP contribution in [-0.4, -0.2) is 52.7 Å². The van der Waals surface area contributed by atoms with E-state index in [9.17, 15) is 14.4 Å². The standard InChI is InChI=1S/C30H30BrN3O3/c1-21-7-5-6-10-26(21)29(36)33(25-15-17-32(18-16-25)20-22-8-3-2-4-9-22)27-19-28(35)34(30(27)37)24-13-11-23(31)12-14-24/h2-14,25,27H,15-20H2,1H3. The SMILES string of the molecule is Cc1ccccc1C(=O)N(C1CCN(Cc2ccccc2)CC1)C1CC(=O)N(c2ccc(Br)cc2)C1=O. The lowest BCUT2D eigenvalue weighted by molar-refractivity contribution is -0.123. The number of carbonyl (C=O) groups excluding carboxylic acids is 3. The summed E-state index contributed by atoms with van der Waals surface area (Å²) in [6, 6.07) is 24.0. The van der Waals surface area contributed by atoms with Crippen molar-refractivity contribution in [2.75, 3.05) is 18.0 Å². The van der Waals surface area contributed by atoms with Crippen molar-refractivity contribution in [3.63, 3.8) is 0 Å². The molecule has 0 N–H and O–H groups in total. The summed E-state index contributed by atoms with van der Waals surface area (Å²) in [4.78, 5) is 46.1. The monoisotopic (exact) mass is 559 g/mol. The predicted molar refractivity (Wildman–Crippen MR) is 147 cm³/mol. The second kappa shape index (κ2) is 11.0. The fourth-order valence-corrected chi connectivity index (χ4v) is 5.67. The molecule has 0 aromatic heterocycles. The zero-order chi connectivity index (χ0) is 25.9. The summed E-state index contributed by atoms with van der Waals surface area (Å²) in [6.45, 7) is 4.41. The fraction of sp³-hybridized carbons (Fsp3) is 0.300. The first-order valence-electron chi connectivity index (χ1n) is 12.7. The summed E-state index contributed by atoms with van der Waals surface area (Å²) in [6.07, 6.45) is 1.50. The van der Waals surface area contributed by atoms with Crippen molar-refractivity contribution in [2.45, 2.75) is 44.8 Å². The molecule has 2 heterocycles. The molecular formula is C30H30BrN3O3. The van der Waals surface area contributed by atoms with Crippen LogP contribution in [0.25, 0.3) is 0 Å². The third kappa shape index (κ3) is 5.38. The van der Waals surface area contributed by atoms with Crippen LogP contribution >= 0.6 is 15.9 Å². The summed E-state index contributed by atoms with van der Waals surface area (Å²) < 4.78 is 0.866. The van der Waals surface area contributed by atoms with E-state index in [0.717, 1.165) is 42.5 Å². The lowest BCUT2D eigenvalue weighted by Gasteiger charge is -2.41. The molecule has 2 saturated heterocycles. The molecule has 2 fully saturated rings. The molecule has 7 heteroatoms. The van der Waals surface area contributed by atoms with Crippen LogP contribution in [0.3, 0.4) is 0 Å². The molecule has 190 valence electrons. The van der Waals surface area contributed by atoms with Crippen molar-refractivity contribution >= 4 is 39.3 Å². The molecule has 0 aliphatic carbocycles. The number of hydrogen-bond acceptors (Lipinski definition) is 4. The number of amides is 3. The summed E-state index contributed by atoms with van der Waals surface area (Å²) in [5.74, 6) is -0.786. The molecule has 2 aliphatic rings. The van der Waals surface area contributed by atoms with Crippen molar-refractivity contribution < 1.29 is 14.4 Å². The van der Waals surface area contributed by atoms with Gasteiger partial charge in [-0.3, -0.25) is 19.3 Å². The Morgan fingerprint density at radius 2 is 1.57 bits per heavy atom. The number of halogens is 1. The van der Waals surface area contributed by atoms with Gasteiger partial charge in [-0.05, 0) is 61.2 Å². The second-order valence-corrected chi connectivity index (χ2v) is 10.7. The molecule has 0 bridgehead atoms. The fourth-order valence-electron chi connectivity index (χ4n) is 5.41. The number of benzene rings is 3. The number of nitrogens with zero attached hydrogens (tertiary/aromatic N) is 3. The highest BCUT2D eigenvalue weighted by molar-refractivity contribution is 9.10. The molecule has 3 amide bonds. The van der Waals surface area contributed by atoms with Crippen LogP contribution in [0.1, 0.15) is 40.7 Å². The van der Waals surface area contributed by atoms with Crippen molar-refractivity contribution in [3.8, 4) is 0 Å². The number of carbonyl (C=O) groups is 3. The van der Waals surface area contributed by atoms with Gasteiger partial charge in [0.05, 0.1) is 12.1 Å². The summed E-state index contributed by atoms with van der Waals surface area (Å²) >= 11 is 3.40. The number of imide groups is 1. The minimum atomic E-state index is -0.811. The van der Waals surface area contributed by atoms with Gasteiger partial charge in [-0.1, -0.05) is 64.5 Å². The smallest absolute Gasteiger partial charge is 0.257 e. The molecule has 3 aromatic rings. The third-order valence-electron chi connectivity index (χ3n) is 7.35. The van der Waals surface area contributed by atoms with E-state index in [1.165, 1.54) is 10.5 Å². The highest BCUT2D eigenvalue weighted by Crippen LogP contribution is 2.31. The minimum absolute atomic E-state index is 0.00323. The lowest BCUT2D eigenvalue weighted by atomic mass is 9.97. The van der Waals surface area contributed by atoms with Gasteiger partial charge < -0.3 is 4.90 Å². The van der Waals surface area contributed by atoms with E-state index in [0.29, 0.717) is 11.3 Å². The summed E-state index contributed by atoms with van der Waals surface area (Å²) in [5.41, 5.74) is 3.23. The van der Waals surface area contributed by atoms with Crippen LogP contribution in [0, 0.1) is 6.92 Å². The highest BCUT2D eigenvalue weighted by Gasteiger charge is 2.47. The molecule has 6 nitrogen and oxygen atoms in total. The van der Waals surface area contributed by atoms with Gasteiger partial charge in [0.1, 0.15) is 6.04 Å². The maximum Gasteiger partial charge on any atom is 0.257 e. The number of anilines is 1. The first-order valence-corrected chi connectivity index (χ1v) is 13.5. The largest absolute Gasteiger partial charge is 0.323 e. The van der Waals surface area contributed by atoms with E-state index >= 15 is 0 Å². The van der Waals surface area contributed by atoms with E-state index in [-0.39, 0.29) is 30.2 Å². The molecular weight excluding hydrogens is 530 g/mol. The van der Waals surface area contributed by atoms with Gasteiger partial charge in [0.15, 0.2) is 0 Å². The quantitative estimate of drug-likeness (QED) is 0.389. The van der Waals surface area contributed by atoms with Gasteiger partial charge in [0, 0.05) is 35.7 Å². The first kappa shape index (κ1) is 25.4. The molecule has 5 rings (SSSR count). The van der Waals surface area contributed by atoms with Crippen LogP contribution in [0.15, 0.2) is 83.3 Å². The number of aryl methyl sites for hydroxylation is 1. The van der Waals surface area contributed by atoms with Crippen molar-refractivity contribution in [1.82, 2.24) is 9.80 Å². The molecule has 1 unspecified atom stereocenters. The average molecular weight is 560 g/mol. The Morgan fingerprint density at radius 3 is 2.24 bits per heavy atom. The summed E-state index contributed by atoms with van der Waals surface area (Å²) in [7, 11) is 0. The molecule has 2 aliphatic heterocycles. The molecule has 0 radical (unpaired) electrons. The zero-order valence-corrected chi connectivity index (χ0v) is 22.4. The minimum Gasteiger partial charge on any atom is -0.323 e. The third-order valence-corrected chi connectivity index (χ3v) is 7.88. The van der Waals surface area contributed by atoms with E-state index in [1.54, 1.807) is 17.0 Å². The number of likely N-dealkylation sites (tertiary alicyclic amines) is 1. The van der Waals surface area contributed by atoms with E-state index in [4.69, 9.17) is 0 Å². The molecule has 1 atom stereocenters. The van der Waals surface area contributed by atoms with Gasteiger partial charge >= 0.3 is 0 Å². The maximum atomic E-state index is 14.0. The lowest BCUT2D eigenvalue weighted by Crippen LogP contribution is -2.54. The van der Waals surface area contributed by atoms with Crippen molar-refractivity contribution in [1.29, 1.82) is 0 Å². The zero-order valence-electron chi connectivity index (χ0n) is 20.8. The van der Waals surface area contributed by atoms with E-state index < -0.39 is 6.04 Å². The van der Waals surface area contributed by atoms with Crippen LogP contribution in [-0.2, 0) is 16.1 Å². The normalized spacial score (nSPS) is 18.9. The van der Waals surface area contributed by atoms with Crippen molar-refractivity contribution in [3.05, 3.63) is 100 Å². The maximum absolute atomic E-state index is 14.0. The van der Waals surface area contributed by atoms with E-state index in [1.807, 2.05) is 61.5 Å². The topological polar surface area (TPSA) is 60.9 Å². The predicted octanol–water partition coefficient (Wildman–Crippen LogP) is 5.20. The van der Waals surface area contributed by atoms with Gasteiger partial charge in [-0.25, -0.2) is 4.90 Å². The van der Waals surface area contributed by atoms with Crippen LogP contribution in [0.5, 0.6) is 0 Å². The van der Waals surface area contributed by atoms with Gasteiger partial charge in [0.25, 0.3) is 11.8 Å². The Bertz CT molecular complexity index is 1290. The van der Waals surface area contributed by atoms with Gasteiger partial charge in [0.2, 0.25) is 5.91 Å². The Hall–Kier alpha value is -3.29. The Morgan fingerprint density at radius 1 is 0.919 bits per heavy atom. The summed E-state index contributed by atoms with van der Waals surface area (Å²) in [5, 5.41) is 0. The highest BCUT2D eigenvalue weighted by atomic mass is 79.9. The molecule has 0 saturated carbocycles. The molecule has 3 aromatic carbocycles. The first-order chi connectivity index (χ1) is 17.9. The Kier molecular flexibility index (Phi) is 7.53. The van der Waals surface area contributed by atoms with Gasteiger partial charge in [-0.2, -0.15) is 0 Å². The Labute approximate surface area is 226 Å². The molecule has 37 heavy (non-hydrogen) atoms. The Balaban J connectivity index is 1.40.